The van der Waals surface area contributed by atoms with E-state index in [1.807, 2.05) is 6.92 Å². The van der Waals surface area contributed by atoms with Gasteiger partial charge in [0, 0.05) is 18.3 Å². The lowest BCUT2D eigenvalue weighted by Crippen LogP contribution is -2.51. The van der Waals surface area contributed by atoms with Crippen molar-refractivity contribution in [3.63, 3.8) is 0 Å². The average Bonchev–Trinajstić information content (AvgIpc) is 2.67. The number of carbonyl (C=O) groups is 1. The van der Waals surface area contributed by atoms with Gasteiger partial charge in [0.25, 0.3) is 0 Å². The highest BCUT2D eigenvalue weighted by atomic mass is 16.5. The van der Waals surface area contributed by atoms with Gasteiger partial charge in [-0.1, -0.05) is 40.7 Å². The molecular weight excluding hydrogens is 348 g/mol. The molecule has 3 aliphatic rings. The number of hydrogen-bond donors (Lipinski definition) is 0. The molecule has 0 aromatic rings. The predicted molar refractivity (Wildman–Crippen MR) is 114 cm³/mol. The minimum absolute atomic E-state index is 0.0612. The highest BCUT2D eigenvalue weighted by molar-refractivity contribution is 5.68. The highest BCUT2D eigenvalue weighted by Crippen LogP contribution is 2.61. The van der Waals surface area contributed by atoms with Gasteiger partial charge < -0.3 is 9.47 Å². The largest absolute Gasteiger partial charge is 0.501 e. The molecule has 5 atom stereocenters. The van der Waals surface area contributed by atoms with Gasteiger partial charge in [0.05, 0.1) is 19.5 Å². The van der Waals surface area contributed by atoms with Crippen LogP contribution < -0.4 is 0 Å². The Labute approximate surface area is 171 Å². The van der Waals surface area contributed by atoms with E-state index in [1.165, 1.54) is 24.8 Å². The summed E-state index contributed by atoms with van der Waals surface area (Å²) in [6, 6.07) is 0. The molecule has 1 saturated carbocycles. The van der Waals surface area contributed by atoms with Crippen molar-refractivity contribution in [2.45, 2.75) is 79.6 Å². The second-order valence-electron chi connectivity index (χ2n) is 10.3. The Balaban J connectivity index is 1.89. The van der Waals surface area contributed by atoms with Gasteiger partial charge in [-0.05, 0) is 72.8 Å². The fourth-order valence-electron chi connectivity index (χ4n) is 6.35. The first-order chi connectivity index (χ1) is 13.2. The van der Waals surface area contributed by atoms with Crippen molar-refractivity contribution in [1.82, 2.24) is 0 Å². The van der Waals surface area contributed by atoms with Gasteiger partial charge in [-0.25, -0.2) is 0 Å². The van der Waals surface area contributed by atoms with E-state index < -0.39 is 0 Å². The maximum Gasteiger partial charge on any atom is 0.305 e. The predicted octanol–water partition coefficient (Wildman–Crippen LogP) is 6.29. The van der Waals surface area contributed by atoms with Crippen molar-refractivity contribution in [2.75, 3.05) is 13.7 Å². The van der Waals surface area contributed by atoms with Crippen LogP contribution in [-0.2, 0) is 14.3 Å². The molecule has 0 amide bonds. The van der Waals surface area contributed by atoms with Gasteiger partial charge in [0.1, 0.15) is 0 Å². The molecular formula is C25H40O3. The molecule has 3 heteroatoms. The van der Waals surface area contributed by atoms with Crippen LogP contribution in [0.15, 0.2) is 23.5 Å². The molecule has 3 aliphatic carbocycles. The summed E-state index contributed by atoms with van der Waals surface area (Å²) in [6.45, 7) is 12.0. The summed E-state index contributed by atoms with van der Waals surface area (Å²) in [5.74, 6) is 3.75. The van der Waals surface area contributed by atoms with Gasteiger partial charge in [-0.2, -0.15) is 0 Å². The first-order valence-electron chi connectivity index (χ1n) is 11.3. The molecule has 28 heavy (non-hydrogen) atoms. The van der Waals surface area contributed by atoms with Crippen LogP contribution in [0.25, 0.3) is 0 Å². The minimum atomic E-state index is -0.0612. The summed E-state index contributed by atoms with van der Waals surface area (Å²) in [5.41, 5.74) is 1.86. The van der Waals surface area contributed by atoms with E-state index in [0.717, 1.165) is 30.9 Å². The summed E-state index contributed by atoms with van der Waals surface area (Å²) in [4.78, 5) is 11.9. The molecule has 1 fully saturated rings. The van der Waals surface area contributed by atoms with Crippen molar-refractivity contribution in [1.29, 1.82) is 0 Å². The topological polar surface area (TPSA) is 35.5 Å². The first-order valence-corrected chi connectivity index (χ1v) is 11.3. The van der Waals surface area contributed by atoms with Crippen LogP contribution in [0.3, 0.4) is 0 Å². The summed E-state index contributed by atoms with van der Waals surface area (Å²) in [5, 5.41) is 0. The number of hydrogen-bond acceptors (Lipinski definition) is 3. The number of carbonyl (C=O) groups excluding carboxylic acids is 1. The van der Waals surface area contributed by atoms with Gasteiger partial charge in [-0.3, -0.25) is 4.79 Å². The van der Waals surface area contributed by atoms with Crippen LogP contribution in [-0.4, -0.2) is 19.7 Å². The van der Waals surface area contributed by atoms with E-state index in [2.05, 4.69) is 39.8 Å². The molecule has 0 saturated heterocycles. The second kappa shape index (κ2) is 8.24. The maximum atomic E-state index is 11.9. The van der Waals surface area contributed by atoms with E-state index >= 15 is 0 Å². The number of ether oxygens (including phenoxy) is 2. The fourth-order valence-corrected chi connectivity index (χ4v) is 6.35. The van der Waals surface area contributed by atoms with E-state index in [-0.39, 0.29) is 16.8 Å². The molecule has 158 valence electrons. The molecule has 0 heterocycles. The fraction of sp³-hybridized carbons (Fsp3) is 0.800. The van der Waals surface area contributed by atoms with Crippen LogP contribution in [0.5, 0.6) is 0 Å². The standard InChI is InChI=1S/C25H40O3/c1-7-23(26)28-16-24(4)12-11-21-20(22(24)14-17(2)3)9-8-18-15-19(27-6)10-13-25(18,21)5/h8,15,17,20-22H,7,9-14,16H2,1-6H3. The molecule has 0 aromatic heterocycles. The Morgan fingerprint density at radius 3 is 2.68 bits per heavy atom. The summed E-state index contributed by atoms with van der Waals surface area (Å²) in [7, 11) is 1.79. The average molecular weight is 389 g/mol. The number of allylic oxidation sites excluding steroid dienone is 4. The van der Waals surface area contributed by atoms with Crippen molar-refractivity contribution in [3.8, 4) is 0 Å². The Morgan fingerprint density at radius 1 is 1.29 bits per heavy atom. The third-order valence-electron chi connectivity index (χ3n) is 8.09. The summed E-state index contributed by atoms with van der Waals surface area (Å²) >= 11 is 0. The Morgan fingerprint density at radius 2 is 2.04 bits per heavy atom. The highest BCUT2D eigenvalue weighted by Gasteiger charge is 2.54. The lowest BCUT2D eigenvalue weighted by molar-refractivity contribution is -0.152. The first kappa shape index (κ1) is 21.5. The minimum Gasteiger partial charge on any atom is -0.501 e. The molecule has 3 nitrogen and oxygen atoms in total. The zero-order chi connectivity index (χ0) is 20.5. The van der Waals surface area contributed by atoms with Crippen LogP contribution in [0.4, 0.5) is 0 Å². The third kappa shape index (κ3) is 3.91. The molecule has 0 spiro atoms. The van der Waals surface area contributed by atoms with Gasteiger partial charge in [0.2, 0.25) is 0 Å². The normalized spacial score (nSPS) is 37.5. The summed E-state index contributed by atoms with van der Waals surface area (Å²) in [6.07, 6.45) is 12.3. The number of rotatable bonds is 6. The van der Waals surface area contributed by atoms with E-state index in [4.69, 9.17) is 9.47 Å². The zero-order valence-corrected chi connectivity index (χ0v) is 18.8. The Hall–Kier alpha value is -1.25. The molecule has 0 N–H and O–H groups in total. The molecule has 0 bridgehead atoms. The van der Waals surface area contributed by atoms with Gasteiger partial charge in [0.15, 0.2) is 0 Å². The molecule has 0 aromatic carbocycles. The molecule has 5 unspecified atom stereocenters. The number of fused-ring (bicyclic) bond motifs is 3. The smallest absolute Gasteiger partial charge is 0.305 e. The van der Waals surface area contributed by atoms with E-state index in [0.29, 0.717) is 30.8 Å². The monoisotopic (exact) mass is 388 g/mol. The SMILES string of the molecule is CCC(=O)OCC1(C)CCC2C(CC=C3C=C(OC)CCC32C)C1CC(C)C. The van der Waals surface area contributed by atoms with Crippen molar-refractivity contribution >= 4 is 5.97 Å². The van der Waals surface area contributed by atoms with Crippen LogP contribution in [0.1, 0.15) is 79.6 Å². The molecule has 3 rings (SSSR count). The number of methoxy groups -OCH3 is 1. The Bertz CT molecular complexity index is 646. The number of esters is 1. The van der Waals surface area contributed by atoms with Gasteiger partial charge >= 0.3 is 5.97 Å². The second-order valence-corrected chi connectivity index (χ2v) is 10.3. The lowest BCUT2D eigenvalue weighted by atomic mass is 9.47. The van der Waals surface area contributed by atoms with Crippen molar-refractivity contribution < 1.29 is 14.3 Å². The van der Waals surface area contributed by atoms with Crippen LogP contribution in [0, 0.1) is 34.5 Å². The van der Waals surface area contributed by atoms with E-state index in [9.17, 15) is 4.79 Å². The third-order valence-corrected chi connectivity index (χ3v) is 8.09. The van der Waals surface area contributed by atoms with E-state index in [1.54, 1.807) is 7.11 Å². The maximum absolute atomic E-state index is 11.9. The Kier molecular flexibility index (Phi) is 6.32. The molecule has 0 radical (unpaired) electrons. The van der Waals surface area contributed by atoms with Crippen molar-refractivity contribution in [2.24, 2.45) is 34.5 Å². The molecule has 0 aliphatic heterocycles. The van der Waals surface area contributed by atoms with Crippen molar-refractivity contribution in [3.05, 3.63) is 23.5 Å². The van der Waals surface area contributed by atoms with Gasteiger partial charge in [-0.15, -0.1) is 0 Å². The van der Waals surface area contributed by atoms with Crippen LogP contribution >= 0.6 is 0 Å². The summed E-state index contributed by atoms with van der Waals surface area (Å²) < 4.78 is 11.3. The zero-order valence-electron chi connectivity index (χ0n) is 18.8. The quantitative estimate of drug-likeness (QED) is 0.501. The lowest BCUT2D eigenvalue weighted by Gasteiger charge is -2.57. The van der Waals surface area contributed by atoms with Crippen LogP contribution in [0.2, 0.25) is 0 Å².